The summed E-state index contributed by atoms with van der Waals surface area (Å²) in [5.74, 6) is 0. The second kappa shape index (κ2) is 3.66. The summed E-state index contributed by atoms with van der Waals surface area (Å²) >= 11 is 0. The van der Waals surface area contributed by atoms with Crippen molar-refractivity contribution in [2.24, 2.45) is 4.99 Å². The fraction of sp³-hybridized carbons (Fsp3) is 0.571. The number of rotatable bonds is 3. The molecule has 0 radical (unpaired) electrons. The lowest BCUT2D eigenvalue weighted by molar-refractivity contribution is 0.694. The van der Waals surface area contributed by atoms with Gasteiger partial charge in [-0.05, 0) is 12.8 Å². The lowest BCUT2D eigenvalue weighted by atomic mass is 10.3. The third-order valence-electron chi connectivity index (χ3n) is 1.38. The minimum Gasteiger partial charge on any atom is -0.251 e. The first-order valence-electron chi connectivity index (χ1n) is 3.48. The van der Waals surface area contributed by atoms with E-state index >= 15 is 0 Å². The second-order valence-corrected chi connectivity index (χ2v) is 3.55. The van der Waals surface area contributed by atoms with Crippen molar-refractivity contribution in [3.05, 3.63) is 11.6 Å². The van der Waals surface area contributed by atoms with Crippen molar-refractivity contribution < 1.29 is 4.21 Å². The van der Waals surface area contributed by atoms with Crippen LogP contribution in [0.3, 0.4) is 0 Å². The van der Waals surface area contributed by atoms with Crippen LogP contribution in [0.2, 0.25) is 0 Å². The number of hydrogen-bond acceptors (Lipinski definition) is 2. The van der Waals surface area contributed by atoms with Gasteiger partial charge in [0.05, 0.1) is 10.8 Å². The number of nitrogens with zero attached hydrogens (tertiary/aromatic N) is 1. The summed E-state index contributed by atoms with van der Waals surface area (Å²) in [5.41, 5.74) is 0. The zero-order valence-corrected chi connectivity index (χ0v) is 6.86. The average Bonchev–Trinajstić information content (AvgIpc) is 2.31. The maximum Gasteiger partial charge on any atom is 0.108 e. The molecule has 1 heterocycles. The summed E-state index contributed by atoms with van der Waals surface area (Å²) in [4.78, 5) is 3.99. The number of aliphatic imine (C=N–C) groups is 1. The van der Waals surface area contributed by atoms with Gasteiger partial charge in [-0.15, -0.1) is 0 Å². The van der Waals surface area contributed by atoms with Crippen LogP contribution in [0.1, 0.15) is 26.2 Å². The standard InChI is InChI=1S/C7H11NOS/c1-2-3-4-7-8-5-6-10(7)9/h5-6H,2-4H2,1H3. The van der Waals surface area contributed by atoms with E-state index in [0.717, 1.165) is 24.3 Å². The lowest BCUT2D eigenvalue weighted by Gasteiger charge is -1.94. The molecule has 10 heavy (non-hydrogen) atoms. The first kappa shape index (κ1) is 7.66. The summed E-state index contributed by atoms with van der Waals surface area (Å²) in [6.45, 7) is 2.12. The molecule has 0 fully saturated rings. The molecule has 1 atom stereocenters. The van der Waals surface area contributed by atoms with Crippen LogP contribution in [0.15, 0.2) is 16.6 Å². The Kier molecular flexibility index (Phi) is 2.81. The van der Waals surface area contributed by atoms with Crippen molar-refractivity contribution in [3.63, 3.8) is 0 Å². The van der Waals surface area contributed by atoms with Crippen LogP contribution in [0.5, 0.6) is 0 Å². The van der Waals surface area contributed by atoms with Crippen LogP contribution in [0.4, 0.5) is 0 Å². The number of unbranched alkanes of at least 4 members (excludes halogenated alkanes) is 1. The molecule has 0 aromatic heterocycles. The van der Waals surface area contributed by atoms with E-state index in [9.17, 15) is 4.21 Å². The highest BCUT2D eigenvalue weighted by molar-refractivity contribution is 8.03. The smallest absolute Gasteiger partial charge is 0.108 e. The normalized spacial score (nSPS) is 23.3. The Morgan fingerprint density at radius 3 is 3.00 bits per heavy atom. The van der Waals surface area contributed by atoms with Crippen molar-refractivity contribution in [1.82, 2.24) is 0 Å². The quantitative estimate of drug-likeness (QED) is 0.614. The molecule has 0 amide bonds. The Morgan fingerprint density at radius 2 is 2.50 bits per heavy atom. The van der Waals surface area contributed by atoms with Crippen LogP contribution in [-0.2, 0) is 10.8 Å². The van der Waals surface area contributed by atoms with E-state index in [1.807, 2.05) is 0 Å². The SMILES string of the molecule is CCCCC1=NC=CS1=O. The monoisotopic (exact) mass is 157 g/mol. The summed E-state index contributed by atoms with van der Waals surface area (Å²) < 4.78 is 11.0. The molecule has 1 aliphatic rings. The van der Waals surface area contributed by atoms with Gasteiger partial charge in [-0.25, -0.2) is 4.21 Å². The highest BCUT2D eigenvalue weighted by atomic mass is 32.2. The molecule has 56 valence electrons. The van der Waals surface area contributed by atoms with Crippen molar-refractivity contribution in [1.29, 1.82) is 0 Å². The Morgan fingerprint density at radius 1 is 1.70 bits per heavy atom. The second-order valence-electron chi connectivity index (χ2n) is 2.21. The average molecular weight is 157 g/mol. The maximum absolute atomic E-state index is 11.0. The predicted octanol–water partition coefficient (Wildman–Crippen LogP) is 1.81. The fourth-order valence-corrected chi connectivity index (χ4v) is 1.63. The molecule has 1 rings (SSSR count). The van der Waals surface area contributed by atoms with Gasteiger partial charge in [-0.1, -0.05) is 13.3 Å². The Hall–Kier alpha value is -0.440. The van der Waals surface area contributed by atoms with E-state index in [-0.39, 0.29) is 0 Å². The molecule has 0 aromatic rings. The highest BCUT2D eigenvalue weighted by Gasteiger charge is 2.08. The summed E-state index contributed by atoms with van der Waals surface area (Å²) in [5, 5.41) is 2.47. The fourth-order valence-electron chi connectivity index (χ4n) is 0.792. The highest BCUT2D eigenvalue weighted by Crippen LogP contribution is 2.07. The molecular formula is C7H11NOS. The molecule has 0 saturated heterocycles. The first-order valence-corrected chi connectivity index (χ1v) is 4.70. The van der Waals surface area contributed by atoms with Crippen molar-refractivity contribution in [2.45, 2.75) is 26.2 Å². The summed E-state index contributed by atoms with van der Waals surface area (Å²) in [7, 11) is -0.893. The van der Waals surface area contributed by atoms with E-state index < -0.39 is 10.8 Å². The van der Waals surface area contributed by atoms with Gasteiger partial charge in [0.15, 0.2) is 0 Å². The van der Waals surface area contributed by atoms with Crippen LogP contribution < -0.4 is 0 Å². The minimum absolute atomic E-state index is 0.835. The van der Waals surface area contributed by atoms with Gasteiger partial charge < -0.3 is 0 Å². The third-order valence-corrected chi connectivity index (χ3v) is 2.52. The molecule has 3 heteroatoms. The van der Waals surface area contributed by atoms with Gasteiger partial charge in [-0.2, -0.15) is 0 Å². The molecule has 2 nitrogen and oxygen atoms in total. The first-order chi connectivity index (χ1) is 4.84. The van der Waals surface area contributed by atoms with E-state index in [2.05, 4.69) is 11.9 Å². The molecule has 1 aliphatic heterocycles. The van der Waals surface area contributed by atoms with Crippen LogP contribution in [-0.4, -0.2) is 9.25 Å². The molecular weight excluding hydrogens is 146 g/mol. The van der Waals surface area contributed by atoms with Crippen molar-refractivity contribution in [3.8, 4) is 0 Å². The van der Waals surface area contributed by atoms with Crippen LogP contribution in [0.25, 0.3) is 0 Å². The topological polar surface area (TPSA) is 29.4 Å². The predicted molar refractivity (Wildman–Crippen MR) is 44.2 cm³/mol. The van der Waals surface area contributed by atoms with Gasteiger partial charge in [0.2, 0.25) is 0 Å². The van der Waals surface area contributed by atoms with Gasteiger partial charge >= 0.3 is 0 Å². The summed E-state index contributed by atoms with van der Waals surface area (Å²) in [6.07, 6.45) is 4.74. The van der Waals surface area contributed by atoms with E-state index in [4.69, 9.17) is 0 Å². The van der Waals surface area contributed by atoms with E-state index in [0.29, 0.717) is 0 Å². The van der Waals surface area contributed by atoms with Gasteiger partial charge in [-0.3, -0.25) is 4.99 Å². The number of hydrogen-bond donors (Lipinski definition) is 0. The molecule has 0 bridgehead atoms. The molecule has 1 unspecified atom stereocenters. The zero-order valence-electron chi connectivity index (χ0n) is 6.04. The molecule has 0 saturated carbocycles. The van der Waals surface area contributed by atoms with Crippen LogP contribution >= 0.6 is 0 Å². The van der Waals surface area contributed by atoms with Gasteiger partial charge in [0.25, 0.3) is 0 Å². The summed E-state index contributed by atoms with van der Waals surface area (Å²) in [6, 6.07) is 0. The Balaban J connectivity index is 2.37. The van der Waals surface area contributed by atoms with Crippen LogP contribution in [0, 0.1) is 0 Å². The van der Waals surface area contributed by atoms with Gasteiger partial charge in [0, 0.05) is 11.6 Å². The lowest BCUT2D eigenvalue weighted by Crippen LogP contribution is -1.99. The van der Waals surface area contributed by atoms with E-state index in [1.54, 1.807) is 11.6 Å². The third kappa shape index (κ3) is 1.77. The molecule has 0 aliphatic carbocycles. The molecule has 0 spiro atoms. The van der Waals surface area contributed by atoms with Crippen molar-refractivity contribution >= 4 is 15.8 Å². The largest absolute Gasteiger partial charge is 0.251 e. The molecule has 0 aromatic carbocycles. The minimum atomic E-state index is -0.893. The van der Waals surface area contributed by atoms with Gasteiger partial charge in [0.1, 0.15) is 5.04 Å². The van der Waals surface area contributed by atoms with Crippen molar-refractivity contribution in [2.75, 3.05) is 0 Å². The van der Waals surface area contributed by atoms with E-state index in [1.165, 1.54) is 0 Å². The maximum atomic E-state index is 11.0. The Labute approximate surface area is 63.5 Å². The molecule has 0 N–H and O–H groups in total. The zero-order chi connectivity index (χ0) is 7.40. The Bertz CT molecular complexity index is 196.